The van der Waals surface area contributed by atoms with Crippen molar-refractivity contribution in [2.45, 2.75) is 0 Å². The van der Waals surface area contributed by atoms with E-state index in [1.54, 1.807) is 18.3 Å². The van der Waals surface area contributed by atoms with E-state index in [1.165, 1.54) is 0 Å². The average molecular weight is 192 g/mol. The summed E-state index contributed by atoms with van der Waals surface area (Å²) in [7, 11) is 0. The molecule has 2 heterocycles. The van der Waals surface area contributed by atoms with Crippen molar-refractivity contribution in [1.82, 2.24) is 10.3 Å². The van der Waals surface area contributed by atoms with E-state index in [1.807, 2.05) is 4.90 Å². The van der Waals surface area contributed by atoms with Crippen LogP contribution in [0.4, 0.5) is 11.5 Å². The summed E-state index contributed by atoms with van der Waals surface area (Å²) in [6.07, 6.45) is 1.68. The molecule has 0 aliphatic carbocycles. The Morgan fingerprint density at radius 3 is 3.14 bits per heavy atom. The first kappa shape index (κ1) is 8.80. The van der Waals surface area contributed by atoms with Crippen molar-refractivity contribution in [1.29, 1.82) is 0 Å². The predicted octanol–water partition coefficient (Wildman–Crippen LogP) is -0.400. The summed E-state index contributed by atoms with van der Waals surface area (Å²) in [5, 5.41) is 2.75. The second-order valence-corrected chi connectivity index (χ2v) is 3.19. The van der Waals surface area contributed by atoms with E-state index in [2.05, 4.69) is 10.3 Å². The molecule has 0 radical (unpaired) electrons. The van der Waals surface area contributed by atoms with Crippen molar-refractivity contribution in [2.24, 2.45) is 0 Å². The van der Waals surface area contributed by atoms with Crippen LogP contribution in [0.1, 0.15) is 0 Å². The fourth-order valence-electron chi connectivity index (χ4n) is 1.49. The van der Waals surface area contributed by atoms with E-state index >= 15 is 0 Å². The summed E-state index contributed by atoms with van der Waals surface area (Å²) in [4.78, 5) is 17.2. The van der Waals surface area contributed by atoms with Crippen LogP contribution >= 0.6 is 0 Å². The molecule has 1 aliphatic heterocycles. The fourth-order valence-corrected chi connectivity index (χ4v) is 1.49. The topological polar surface area (TPSA) is 71.2 Å². The van der Waals surface area contributed by atoms with Crippen LogP contribution in [0.5, 0.6) is 0 Å². The number of nitrogens with zero attached hydrogens (tertiary/aromatic N) is 2. The average Bonchev–Trinajstić information content (AvgIpc) is 2.18. The van der Waals surface area contributed by atoms with Crippen molar-refractivity contribution in [3.8, 4) is 0 Å². The van der Waals surface area contributed by atoms with Crippen LogP contribution in [0.3, 0.4) is 0 Å². The van der Waals surface area contributed by atoms with E-state index in [4.69, 9.17) is 5.73 Å². The monoisotopic (exact) mass is 192 g/mol. The number of amides is 1. The van der Waals surface area contributed by atoms with Gasteiger partial charge >= 0.3 is 0 Å². The van der Waals surface area contributed by atoms with Crippen LogP contribution in [0, 0.1) is 0 Å². The zero-order valence-electron chi connectivity index (χ0n) is 7.73. The number of nitrogens with one attached hydrogen (secondary N) is 1. The number of pyridine rings is 1. The van der Waals surface area contributed by atoms with E-state index in [0.717, 1.165) is 6.54 Å². The largest absolute Gasteiger partial charge is 0.396 e. The molecule has 5 heteroatoms. The van der Waals surface area contributed by atoms with E-state index in [9.17, 15) is 4.79 Å². The first-order chi connectivity index (χ1) is 6.77. The summed E-state index contributed by atoms with van der Waals surface area (Å²) in [6.45, 7) is 1.74. The predicted molar refractivity (Wildman–Crippen MR) is 53.9 cm³/mol. The third-order valence-corrected chi connectivity index (χ3v) is 2.15. The summed E-state index contributed by atoms with van der Waals surface area (Å²) in [5.74, 6) is 0.712. The maximum Gasteiger partial charge on any atom is 0.239 e. The summed E-state index contributed by atoms with van der Waals surface area (Å²) in [6, 6.07) is 3.57. The molecule has 1 saturated heterocycles. The van der Waals surface area contributed by atoms with Gasteiger partial charge in [0.25, 0.3) is 0 Å². The number of aromatic nitrogens is 1. The first-order valence-corrected chi connectivity index (χ1v) is 4.49. The third kappa shape index (κ3) is 1.61. The summed E-state index contributed by atoms with van der Waals surface area (Å²) < 4.78 is 0. The van der Waals surface area contributed by atoms with Crippen LogP contribution in [-0.4, -0.2) is 30.5 Å². The van der Waals surface area contributed by atoms with Gasteiger partial charge in [0.2, 0.25) is 5.91 Å². The molecule has 1 aromatic heterocycles. The standard InChI is InChI=1S/C9H12N4O/c10-7-2-1-3-12-9(7)13-5-4-11-8(14)6-13/h1-3H,4-6,10H2,(H,11,14). The molecule has 0 atom stereocenters. The highest BCUT2D eigenvalue weighted by molar-refractivity contribution is 5.83. The van der Waals surface area contributed by atoms with Gasteiger partial charge in [0.05, 0.1) is 12.2 Å². The third-order valence-electron chi connectivity index (χ3n) is 2.15. The van der Waals surface area contributed by atoms with Gasteiger partial charge < -0.3 is 16.0 Å². The van der Waals surface area contributed by atoms with Gasteiger partial charge in [0.15, 0.2) is 5.82 Å². The Kier molecular flexibility index (Phi) is 2.22. The Labute approximate surface area is 81.9 Å². The number of hydrogen-bond donors (Lipinski definition) is 2. The van der Waals surface area contributed by atoms with Gasteiger partial charge in [-0.05, 0) is 12.1 Å². The Morgan fingerprint density at radius 2 is 2.43 bits per heavy atom. The van der Waals surface area contributed by atoms with Crippen molar-refractivity contribution >= 4 is 17.4 Å². The van der Waals surface area contributed by atoms with E-state index < -0.39 is 0 Å². The molecule has 3 N–H and O–H groups in total. The maximum atomic E-state index is 11.1. The molecule has 0 spiro atoms. The zero-order chi connectivity index (χ0) is 9.97. The molecule has 2 rings (SSSR count). The van der Waals surface area contributed by atoms with Crippen LogP contribution < -0.4 is 16.0 Å². The molecule has 1 fully saturated rings. The molecule has 0 bridgehead atoms. The van der Waals surface area contributed by atoms with Crippen LogP contribution in [0.15, 0.2) is 18.3 Å². The Hall–Kier alpha value is -1.78. The lowest BCUT2D eigenvalue weighted by molar-refractivity contribution is -0.120. The Bertz CT molecular complexity index is 352. The Balaban J connectivity index is 2.22. The molecular formula is C9H12N4O. The van der Waals surface area contributed by atoms with Gasteiger partial charge in [0, 0.05) is 19.3 Å². The molecule has 0 aromatic carbocycles. The second-order valence-electron chi connectivity index (χ2n) is 3.19. The molecule has 74 valence electrons. The quantitative estimate of drug-likeness (QED) is 0.635. The molecule has 14 heavy (non-hydrogen) atoms. The van der Waals surface area contributed by atoms with E-state index in [0.29, 0.717) is 24.6 Å². The number of hydrogen-bond acceptors (Lipinski definition) is 4. The number of carbonyl (C=O) groups is 1. The minimum absolute atomic E-state index is 0.0151. The number of nitrogens with two attached hydrogens (primary N) is 1. The molecule has 0 unspecified atom stereocenters. The van der Waals surface area contributed by atoms with Gasteiger partial charge in [0.1, 0.15) is 0 Å². The molecule has 0 saturated carbocycles. The number of nitrogen functional groups attached to an aromatic ring is 1. The second kappa shape index (κ2) is 3.53. The number of piperazine rings is 1. The lowest BCUT2D eigenvalue weighted by atomic mass is 10.3. The van der Waals surface area contributed by atoms with Gasteiger partial charge in [-0.15, -0.1) is 0 Å². The normalized spacial score (nSPS) is 16.6. The highest BCUT2D eigenvalue weighted by atomic mass is 16.2. The highest BCUT2D eigenvalue weighted by Crippen LogP contribution is 2.18. The minimum Gasteiger partial charge on any atom is -0.396 e. The van der Waals surface area contributed by atoms with Crippen molar-refractivity contribution in [3.63, 3.8) is 0 Å². The maximum absolute atomic E-state index is 11.1. The molecule has 5 nitrogen and oxygen atoms in total. The first-order valence-electron chi connectivity index (χ1n) is 4.49. The van der Waals surface area contributed by atoms with Crippen molar-refractivity contribution in [3.05, 3.63) is 18.3 Å². The summed E-state index contributed by atoms with van der Waals surface area (Å²) >= 11 is 0. The van der Waals surface area contributed by atoms with Crippen LogP contribution in [0.25, 0.3) is 0 Å². The Morgan fingerprint density at radius 1 is 1.57 bits per heavy atom. The molecule has 1 aromatic rings. The fraction of sp³-hybridized carbons (Fsp3) is 0.333. The molecule has 1 aliphatic rings. The highest BCUT2D eigenvalue weighted by Gasteiger charge is 2.18. The number of rotatable bonds is 1. The SMILES string of the molecule is Nc1cccnc1N1CCNC(=O)C1. The van der Waals surface area contributed by atoms with Crippen molar-refractivity contribution in [2.75, 3.05) is 30.3 Å². The van der Waals surface area contributed by atoms with Gasteiger partial charge in [-0.25, -0.2) is 4.98 Å². The van der Waals surface area contributed by atoms with E-state index in [-0.39, 0.29) is 5.91 Å². The smallest absolute Gasteiger partial charge is 0.239 e. The number of carbonyl (C=O) groups excluding carboxylic acids is 1. The zero-order valence-corrected chi connectivity index (χ0v) is 7.73. The minimum atomic E-state index is 0.0151. The lowest BCUT2D eigenvalue weighted by Crippen LogP contribution is -2.48. The lowest BCUT2D eigenvalue weighted by Gasteiger charge is -2.28. The number of anilines is 2. The van der Waals surface area contributed by atoms with Crippen molar-refractivity contribution < 1.29 is 4.79 Å². The van der Waals surface area contributed by atoms with Crippen LogP contribution in [0.2, 0.25) is 0 Å². The van der Waals surface area contributed by atoms with Gasteiger partial charge in [-0.1, -0.05) is 0 Å². The molecule has 1 amide bonds. The van der Waals surface area contributed by atoms with Crippen LogP contribution in [-0.2, 0) is 4.79 Å². The van der Waals surface area contributed by atoms with Gasteiger partial charge in [-0.2, -0.15) is 0 Å². The molecular weight excluding hydrogens is 180 g/mol. The van der Waals surface area contributed by atoms with Gasteiger partial charge in [-0.3, -0.25) is 4.79 Å². The summed E-state index contributed by atoms with van der Waals surface area (Å²) in [5.41, 5.74) is 6.37.